The van der Waals surface area contributed by atoms with Gasteiger partial charge in [-0.3, -0.25) is 19.3 Å². The van der Waals surface area contributed by atoms with E-state index in [9.17, 15) is 18.8 Å². The van der Waals surface area contributed by atoms with Gasteiger partial charge in [-0.2, -0.15) is 0 Å². The van der Waals surface area contributed by atoms with Crippen molar-refractivity contribution in [2.24, 2.45) is 11.8 Å². The summed E-state index contributed by atoms with van der Waals surface area (Å²) < 4.78 is 13.4. The van der Waals surface area contributed by atoms with Crippen molar-refractivity contribution in [1.29, 1.82) is 0 Å². The zero-order chi connectivity index (χ0) is 19.0. The van der Waals surface area contributed by atoms with E-state index in [1.165, 1.54) is 17.0 Å². The minimum atomic E-state index is -0.313. The van der Waals surface area contributed by atoms with Gasteiger partial charge in [0.1, 0.15) is 5.82 Å². The first kappa shape index (κ1) is 18.1. The number of imide groups is 1. The maximum atomic E-state index is 13.4. The number of carbonyl (C=O) groups excluding carboxylic acids is 3. The van der Waals surface area contributed by atoms with E-state index in [-0.39, 0.29) is 54.4 Å². The Morgan fingerprint density at radius 3 is 2.33 bits per heavy atom. The molecule has 2 aliphatic carbocycles. The van der Waals surface area contributed by atoms with Gasteiger partial charge in [-0.25, -0.2) is 4.39 Å². The standard InChI is InChI=1S/C21H25FN2O3/c22-15-5-3-4-14(12-15)13-24(16-8-9-16)19(25)10-11-23-20(26)17-6-1-2-7-18(17)21(23)27/h3-5,12,16-18H,1-2,6-11,13H2. The van der Waals surface area contributed by atoms with Crippen LogP contribution in [0.4, 0.5) is 4.39 Å². The summed E-state index contributed by atoms with van der Waals surface area (Å²) >= 11 is 0. The predicted molar refractivity (Wildman–Crippen MR) is 96.8 cm³/mol. The molecular formula is C21H25FN2O3. The van der Waals surface area contributed by atoms with E-state index < -0.39 is 0 Å². The van der Waals surface area contributed by atoms with Crippen LogP contribution in [0.1, 0.15) is 50.5 Å². The molecule has 1 aromatic rings. The van der Waals surface area contributed by atoms with Gasteiger partial charge in [-0.05, 0) is 43.4 Å². The molecular weight excluding hydrogens is 347 g/mol. The molecule has 1 aromatic carbocycles. The average Bonchev–Trinajstić information content (AvgIpc) is 3.47. The molecule has 27 heavy (non-hydrogen) atoms. The van der Waals surface area contributed by atoms with Gasteiger partial charge in [0.05, 0.1) is 11.8 Å². The fraction of sp³-hybridized carbons (Fsp3) is 0.571. The zero-order valence-electron chi connectivity index (χ0n) is 15.4. The van der Waals surface area contributed by atoms with Gasteiger partial charge in [0.25, 0.3) is 0 Å². The third-order valence-electron chi connectivity index (χ3n) is 6.03. The van der Waals surface area contributed by atoms with Gasteiger partial charge in [0, 0.05) is 25.6 Å². The van der Waals surface area contributed by atoms with E-state index >= 15 is 0 Å². The molecule has 2 saturated carbocycles. The minimum Gasteiger partial charge on any atom is -0.335 e. The second-order valence-electron chi connectivity index (χ2n) is 7.96. The average molecular weight is 372 g/mol. The Labute approximate surface area is 158 Å². The lowest BCUT2D eigenvalue weighted by Crippen LogP contribution is -2.38. The third-order valence-corrected chi connectivity index (χ3v) is 6.03. The fourth-order valence-electron chi connectivity index (χ4n) is 4.44. The topological polar surface area (TPSA) is 57.7 Å². The number of hydrogen-bond donors (Lipinski definition) is 0. The number of carbonyl (C=O) groups is 3. The molecule has 1 saturated heterocycles. The van der Waals surface area contributed by atoms with Gasteiger partial charge in [0.2, 0.25) is 17.7 Å². The summed E-state index contributed by atoms with van der Waals surface area (Å²) in [5, 5.41) is 0. The molecule has 3 aliphatic rings. The van der Waals surface area contributed by atoms with E-state index in [1.807, 2.05) is 6.07 Å². The first-order chi connectivity index (χ1) is 13.0. The summed E-state index contributed by atoms with van der Waals surface area (Å²) in [6.07, 6.45) is 5.61. The SMILES string of the molecule is O=C1C2CCCCC2C(=O)N1CCC(=O)N(Cc1cccc(F)c1)C1CC1. The highest BCUT2D eigenvalue weighted by Crippen LogP contribution is 2.38. The van der Waals surface area contributed by atoms with E-state index in [4.69, 9.17) is 0 Å². The number of likely N-dealkylation sites (tertiary alicyclic amines) is 1. The minimum absolute atomic E-state index is 0.0720. The highest BCUT2D eigenvalue weighted by atomic mass is 19.1. The number of hydrogen-bond acceptors (Lipinski definition) is 3. The summed E-state index contributed by atoms with van der Waals surface area (Å²) in [7, 11) is 0. The number of nitrogens with zero attached hydrogens (tertiary/aromatic N) is 2. The molecule has 2 unspecified atom stereocenters. The number of amides is 3. The first-order valence-electron chi connectivity index (χ1n) is 9.93. The van der Waals surface area contributed by atoms with Crippen LogP contribution in [0.3, 0.4) is 0 Å². The lowest BCUT2D eigenvalue weighted by atomic mass is 9.81. The molecule has 0 bridgehead atoms. The maximum absolute atomic E-state index is 13.4. The molecule has 3 amide bonds. The van der Waals surface area contributed by atoms with Crippen molar-refractivity contribution in [1.82, 2.24) is 9.80 Å². The van der Waals surface area contributed by atoms with E-state index in [2.05, 4.69) is 0 Å². The van der Waals surface area contributed by atoms with Crippen LogP contribution >= 0.6 is 0 Å². The molecule has 144 valence electrons. The van der Waals surface area contributed by atoms with Crippen molar-refractivity contribution < 1.29 is 18.8 Å². The van der Waals surface area contributed by atoms with E-state index in [1.54, 1.807) is 11.0 Å². The van der Waals surface area contributed by atoms with Crippen molar-refractivity contribution in [3.63, 3.8) is 0 Å². The van der Waals surface area contributed by atoms with Crippen molar-refractivity contribution in [3.8, 4) is 0 Å². The third kappa shape index (κ3) is 3.75. The molecule has 0 spiro atoms. The first-order valence-corrected chi connectivity index (χ1v) is 9.93. The summed E-state index contributed by atoms with van der Waals surface area (Å²) in [4.78, 5) is 41.0. The van der Waals surface area contributed by atoms with Gasteiger partial charge >= 0.3 is 0 Å². The van der Waals surface area contributed by atoms with E-state index in [0.717, 1.165) is 44.1 Å². The highest BCUT2D eigenvalue weighted by molar-refractivity contribution is 6.05. The fourth-order valence-corrected chi connectivity index (χ4v) is 4.44. The van der Waals surface area contributed by atoms with Crippen molar-refractivity contribution in [2.75, 3.05) is 6.54 Å². The largest absolute Gasteiger partial charge is 0.335 e. The Bertz CT molecular complexity index is 738. The van der Waals surface area contributed by atoms with Gasteiger partial charge < -0.3 is 4.90 Å². The number of rotatable bonds is 6. The normalized spacial score (nSPS) is 24.9. The molecule has 6 heteroatoms. The Hall–Kier alpha value is -2.24. The maximum Gasteiger partial charge on any atom is 0.233 e. The highest BCUT2D eigenvalue weighted by Gasteiger charge is 2.48. The molecule has 1 heterocycles. The monoisotopic (exact) mass is 372 g/mol. The summed E-state index contributed by atoms with van der Waals surface area (Å²) in [6.45, 7) is 0.532. The van der Waals surface area contributed by atoms with Gasteiger partial charge in [-0.1, -0.05) is 25.0 Å². The summed E-state index contributed by atoms with van der Waals surface area (Å²) in [5.74, 6) is -0.925. The van der Waals surface area contributed by atoms with Crippen LogP contribution < -0.4 is 0 Å². The van der Waals surface area contributed by atoms with Crippen LogP contribution in [-0.2, 0) is 20.9 Å². The molecule has 2 atom stereocenters. The van der Waals surface area contributed by atoms with Crippen LogP contribution in [0, 0.1) is 17.7 Å². The molecule has 5 nitrogen and oxygen atoms in total. The van der Waals surface area contributed by atoms with Crippen molar-refractivity contribution in [2.45, 2.75) is 57.5 Å². The molecule has 0 aromatic heterocycles. The van der Waals surface area contributed by atoms with Gasteiger partial charge in [0.15, 0.2) is 0 Å². The molecule has 0 radical (unpaired) electrons. The number of fused-ring (bicyclic) bond motifs is 1. The molecule has 3 fully saturated rings. The molecule has 4 rings (SSSR count). The van der Waals surface area contributed by atoms with Crippen molar-refractivity contribution >= 4 is 17.7 Å². The van der Waals surface area contributed by atoms with Crippen LogP contribution in [-0.4, -0.2) is 40.1 Å². The number of halogens is 1. The molecule has 1 aliphatic heterocycles. The lowest BCUT2D eigenvalue weighted by molar-refractivity contribution is -0.141. The lowest BCUT2D eigenvalue weighted by Gasteiger charge is -2.24. The Kier molecular flexibility index (Phi) is 4.98. The van der Waals surface area contributed by atoms with Crippen LogP contribution in [0.5, 0.6) is 0 Å². The Morgan fingerprint density at radius 1 is 1.07 bits per heavy atom. The van der Waals surface area contributed by atoms with Crippen LogP contribution in [0.2, 0.25) is 0 Å². The van der Waals surface area contributed by atoms with Crippen LogP contribution in [0.25, 0.3) is 0 Å². The summed E-state index contributed by atoms with van der Waals surface area (Å²) in [5.41, 5.74) is 0.759. The Morgan fingerprint density at radius 2 is 1.74 bits per heavy atom. The number of benzene rings is 1. The van der Waals surface area contributed by atoms with E-state index in [0.29, 0.717) is 6.54 Å². The van der Waals surface area contributed by atoms with Gasteiger partial charge in [-0.15, -0.1) is 0 Å². The van der Waals surface area contributed by atoms with Crippen LogP contribution in [0.15, 0.2) is 24.3 Å². The predicted octanol–water partition coefficient (Wildman–Crippen LogP) is 2.88. The smallest absolute Gasteiger partial charge is 0.233 e. The second kappa shape index (κ2) is 7.41. The summed E-state index contributed by atoms with van der Waals surface area (Å²) in [6, 6.07) is 6.47. The molecule has 0 N–H and O–H groups in total. The van der Waals surface area contributed by atoms with Crippen molar-refractivity contribution in [3.05, 3.63) is 35.6 Å². The second-order valence-corrected chi connectivity index (χ2v) is 7.96. The quantitative estimate of drug-likeness (QED) is 0.722. The zero-order valence-corrected chi connectivity index (χ0v) is 15.4. The Balaban J connectivity index is 1.38.